The molecule has 0 amide bonds. The lowest BCUT2D eigenvalue weighted by atomic mass is 9.94. The molecule has 1 aromatic carbocycles. The largest absolute Gasteiger partial charge is 0.487 e. The van der Waals surface area contributed by atoms with Gasteiger partial charge >= 0.3 is 0 Å². The predicted octanol–water partition coefficient (Wildman–Crippen LogP) is 3.04. The average molecular weight is 270 g/mol. The second kappa shape index (κ2) is 5.91. The highest BCUT2D eigenvalue weighted by molar-refractivity contribution is 6.30. The number of benzene rings is 1. The van der Waals surface area contributed by atoms with Crippen LogP contribution in [0.3, 0.4) is 0 Å². The molecule has 1 aliphatic carbocycles. The summed E-state index contributed by atoms with van der Waals surface area (Å²) in [4.78, 5) is 0. The van der Waals surface area contributed by atoms with E-state index in [0.717, 1.165) is 37.0 Å². The van der Waals surface area contributed by atoms with E-state index in [1.54, 1.807) is 6.07 Å². The number of nitrogens with two attached hydrogens (primary N) is 1. The lowest BCUT2D eigenvalue weighted by molar-refractivity contribution is 0.00627. The van der Waals surface area contributed by atoms with Gasteiger partial charge in [0.05, 0.1) is 6.10 Å². The van der Waals surface area contributed by atoms with E-state index in [2.05, 4.69) is 0 Å². The Hall–Kier alpha value is -0.770. The minimum absolute atomic E-state index is 0.127. The minimum atomic E-state index is -0.379. The van der Waals surface area contributed by atoms with E-state index in [-0.39, 0.29) is 18.2 Å². The summed E-state index contributed by atoms with van der Waals surface area (Å²) in [6.07, 6.45) is 3.37. The summed E-state index contributed by atoms with van der Waals surface area (Å²) in [5, 5.41) is 10.6. The van der Waals surface area contributed by atoms with Crippen molar-refractivity contribution in [1.29, 1.82) is 0 Å². The fourth-order valence-corrected chi connectivity index (χ4v) is 2.54. The van der Waals surface area contributed by atoms with Crippen LogP contribution in [0.4, 0.5) is 0 Å². The van der Waals surface area contributed by atoms with Gasteiger partial charge in [-0.25, -0.2) is 0 Å². The third kappa shape index (κ3) is 3.16. The summed E-state index contributed by atoms with van der Waals surface area (Å²) in [5.74, 6) is 0.736. The molecule has 18 heavy (non-hydrogen) atoms. The second-order valence-corrected chi connectivity index (χ2v) is 5.42. The molecule has 3 N–H and O–H groups in total. The minimum Gasteiger partial charge on any atom is -0.487 e. The van der Waals surface area contributed by atoms with Crippen molar-refractivity contribution >= 4 is 11.6 Å². The van der Waals surface area contributed by atoms with Gasteiger partial charge in [0.2, 0.25) is 0 Å². The molecule has 0 saturated heterocycles. The first-order valence-corrected chi connectivity index (χ1v) is 6.85. The topological polar surface area (TPSA) is 55.5 Å². The van der Waals surface area contributed by atoms with E-state index >= 15 is 0 Å². The van der Waals surface area contributed by atoms with E-state index in [0.29, 0.717) is 5.02 Å². The molecule has 0 bridgehead atoms. The van der Waals surface area contributed by atoms with E-state index in [9.17, 15) is 5.11 Å². The van der Waals surface area contributed by atoms with Gasteiger partial charge in [-0.2, -0.15) is 0 Å². The highest BCUT2D eigenvalue weighted by atomic mass is 35.5. The number of rotatable bonds is 3. The van der Waals surface area contributed by atoms with E-state index in [4.69, 9.17) is 22.1 Å². The molecule has 0 aliphatic heterocycles. The van der Waals surface area contributed by atoms with Crippen molar-refractivity contribution in [2.45, 2.75) is 50.9 Å². The van der Waals surface area contributed by atoms with Gasteiger partial charge in [0.1, 0.15) is 11.9 Å². The van der Waals surface area contributed by atoms with E-state index < -0.39 is 0 Å². The lowest BCUT2D eigenvalue weighted by Crippen LogP contribution is -2.35. The number of halogens is 1. The van der Waals surface area contributed by atoms with Crippen LogP contribution in [-0.2, 0) is 0 Å². The summed E-state index contributed by atoms with van der Waals surface area (Å²) in [5.41, 5.74) is 6.81. The molecule has 0 aromatic heterocycles. The summed E-state index contributed by atoms with van der Waals surface area (Å²) in [7, 11) is 0. The zero-order chi connectivity index (χ0) is 13.1. The number of hydrogen-bond acceptors (Lipinski definition) is 3. The smallest absolute Gasteiger partial charge is 0.124 e. The Morgan fingerprint density at radius 2 is 2.11 bits per heavy atom. The number of ether oxygens (including phenoxy) is 1. The maximum absolute atomic E-state index is 9.93. The Morgan fingerprint density at radius 1 is 1.39 bits per heavy atom. The maximum atomic E-state index is 9.93. The first-order valence-electron chi connectivity index (χ1n) is 6.47. The molecule has 0 radical (unpaired) electrons. The third-order valence-corrected chi connectivity index (χ3v) is 3.64. The zero-order valence-electron chi connectivity index (χ0n) is 10.6. The first kappa shape index (κ1) is 13.7. The Labute approximate surface area is 113 Å². The summed E-state index contributed by atoms with van der Waals surface area (Å²) < 4.78 is 5.93. The second-order valence-electron chi connectivity index (χ2n) is 4.98. The zero-order valence-corrected chi connectivity index (χ0v) is 11.4. The first-order chi connectivity index (χ1) is 8.58. The van der Waals surface area contributed by atoms with Crippen molar-refractivity contribution in [3.8, 4) is 5.75 Å². The van der Waals surface area contributed by atoms with Crippen LogP contribution in [0.5, 0.6) is 5.75 Å². The lowest BCUT2D eigenvalue weighted by Gasteiger charge is -2.29. The molecule has 2 unspecified atom stereocenters. The maximum Gasteiger partial charge on any atom is 0.124 e. The van der Waals surface area contributed by atoms with Crippen LogP contribution in [0, 0.1) is 0 Å². The van der Waals surface area contributed by atoms with Gasteiger partial charge in [-0.3, -0.25) is 0 Å². The molecule has 3 nitrogen and oxygen atoms in total. The summed E-state index contributed by atoms with van der Waals surface area (Å²) in [6.45, 7) is 1.90. The molecular formula is C14H20ClNO2. The highest BCUT2D eigenvalue weighted by Crippen LogP contribution is 2.31. The molecule has 1 aliphatic rings. The molecule has 1 saturated carbocycles. The molecule has 1 fully saturated rings. The quantitative estimate of drug-likeness (QED) is 0.887. The van der Waals surface area contributed by atoms with Crippen molar-refractivity contribution < 1.29 is 9.84 Å². The highest BCUT2D eigenvalue weighted by Gasteiger charge is 2.25. The van der Waals surface area contributed by atoms with Crippen LogP contribution in [0.1, 0.15) is 44.2 Å². The van der Waals surface area contributed by atoms with Crippen molar-refractivity contribution in [2.75, 3.05) is 0 Å². The number of aliphatic hydroxyl groups is 1. The summed E-state index contributed by atoms with van der Waals surface area (Å²) >= 11 is 5.97. The molecule has 3 atom stereocenters. The van der Waals surface area contributed by atoms with E-state index in [1.165, 1.54) is 0 Å². The van der Waals surface area contributed by atoms with Crippen LogP contribution >= 0.6 is 11.6 Å². The van der Waals surface area contributed by atoms with Gasteiger partial charge < -0.3 is 15.6 Å². The van der Waals surface area contributed by atoms with Crippen LogP contribution in [0.25, 0.3) is 0 Å². The van der Waals surface area contributed by atoms with Crippen LogP contribution < -0.4 is 10.5 Å². The fourth-order valence-electron chi connectivity index (χ4n) is 2.36. The van der Waals surface area contributed by atoms with Crippen molar-refractivity contribution in [3.05, 3.63) is 28.8 Å². The molecule has 4 heteroatoms. The van der Waals surface area contributed by atoms with Crippen molar-refractivity contribution in [3.63, 3.8) is 0 Å². The molecule has 1 aromatic rings. The summed E-state index contributed by atoms with van der Waals surface area (Å²) in [6, 6.07) is 5.32. The van der Waals surface area contributed by atoms with Crippen molar-refractivity contribution in [1.82, 2.24) is 0 Å². The SMILES string of the molecule is C[C@@H](N)c1cc(Cl)ccc1OC1CCCCC1O. The van der Waals surface area contributed by atoms with Crippen LogP contribution in [-0.4, -0.2) is 17.3 Å². The van der Waals surface area contributed by atoms with Gasteiger partial charge in [-0.15, -0.1) is 0 Å². The number of aliphatic hydroxyl groups excluding tert-OH is 1. The Morgan fingerprint density at radius 3 is 2.78 bits per heavy atom. The van der Waals surface area contributed by atoms with Gasteiger partial charge in [-0.05, 0) is 44.4 Å². The molecule has 2 rings (SSSR count). The Bertz CT molecular complexity index is 409. The predicted molar refractivity (Wildman–Crippen MR) is 72.9 cm³/mol. The molecule has 0 spiro atoms. The van der Waals surface area contributed by atoms with Gasteiger partial charge in [0.25, 0.3) is 0 Å². The molecule has 100 valence electrons. The van der Waals surface area contributed by atoms with Gasteiger partial charge in [0.15, 0.2) is 0 Å². The van der Waals surface area contributed by atoms with Crippen molar-refractivity contribution in [2.24, 2.45) is 5.73 Å². The molecule has 0 heterocycles. The Kier molecular flexibility index (Phi) is 4.49. The number of hydrogen-bond donors (Lipinski definition) is 2. The Balaban J connectivity index is 2.17. The van der Waals surface area contributed by atoms with Crippen LogP contribution in [0.2, 0.25) is 5.02 Å². The van der Waals surface area contributed by atoms with E-state index in [1.807, 2.05) is 19.1 Å². The van der Waals surface area contributed by atoms with Gasteiger partial charge in [-0.1, -0.05) is 18.0 Å². The van der Waals surface area contributed by atoms with Crippen LogP contribution in [0.15, 0.2) is 18.2 Å². The third-order valence-electron chi connectivity index (χ3n) is 3.41. The normalized spacial score (nSPS) is 25.8. The average Bonchev–Trinajstić information content (AvgIpc) is 2.34. The standard InChI is InChI=1S/C14H20ClNO2/c1-9(16)11-8-10(15)6-7-13(11)18-14-5-3-2-4-12(14)17/h6-9,12,14,17H,2-5,16H2,1H3/t9-,12?,14?/m1/s1. The van der Waals surface area contributed by atoms with Gasteiger partial charge in [0, 0.05) is 16.6 Å². The monoisotopic (exact) mass is 269 g/mol. The molecular weight excluding hydrogens is 250 g/mol. The fraction of sp³-hybridized carbons (Fsp3) is 0.571.